The van der Waals surface area contributed by atoms with Crippen molar-refractivity contribution in [2.45, 2.75) is 37.8 Å². The smallest absolute Gasteiger partial charge is 0.231 e. The van der Waals surface area contributed by atoms with E-state index in [2.05, 4.69) is 66.4 Å². The van der Waals surface area contributed by atoms with E-state index >= 15 is 0 Å². The highest BCUT2D eigenvalue weighted by atomic mass is 16.7. The summed E-state index contributed by atoms with van der Waals surface area (Å²) < 4.78 is 40.7. The summed E-state index contributed by atoms with van der Waals surface area (Å²) in [4.78, 5) is 4.81. The molecule has 3 aliphatic heterocycles. The number of fused-ring (bicyclic) bond motifs is 3. The van der Waals surface area contributed by atoms with Gasteiger partial charge in [0.05, 0.1) is 28.4 Å². The van der Waals surface area contributed by atoms with Gasteiger partial charge in [0, 0.05) is 30.7 Å². The van der Waals surface area contributed by atoms with Gasteiger partial charge in [-0.1, -0.05) is 18.2 Å². The Morgan fingerprint density at radius 3 is 2.04 bits per heavy atom. The Hall–Kier alpha value is -4.60. The minimum absolute atomic E-state index is 0.185. The third kappa shape index (κ3) is 5.97. The summed E-state index contributed by atoms with van der Waals surface area (Å²) in [7, 11) is 11.1. The molecule has 0 amide bonds. The molecule has 0 saturated carbocycles. The van der Waals surface area contributed by atoms with E-state index in [0.717, 1.165) is 78.8 Å². The van der Waals surface area contributed by atoms with Crippen molar-refractivity contribution in [2.75, 3.05) is 62.4 Å². The minimum atomic E-state index is 0.185. The predicted octanol–water partition coefficient (Wildman–Crippen LogP) is 6.79. The maximum atomic E-state index is 6.46. The van der Waals surface area contributed by atoms with Gasteiger partial charge < -0.3 is 33.2 Å². The van der Waals surface area contributed by atoms with Crippen molar-refractivity contribution in [2.24, 2.45) is 0 Å². The molecular formula is C39H44N2O7. The Balaban J connectivity index is 1.10. The second kappa shape index (κ2) is 13.5. The Bertz CT molecular complexity index is 1790. The zero-order chi connectivity index (χ0) is 33.4. The first-order chi connectivity index (χ1) is 23.4. The molecule has 4 aromatic rings. The molecule has 2 unspecified atom stereocenters. The molecule has 2 atom stereocenters. The number of hydrogen-bond donors (Lipinski definition) is 0. The highest BCUT2D eigenvalue weighted by Gasteiger charge is 2.33. The van der Waals surface area contributed by atoms with E-state index < -0.39 is 0 Å². The fourth-order valence-electron chi connectivity index (χ4n) is 7.40. The van der Waals surface area contributed by atoms with Gasteiger partial charge in [0.1, 0.15) is 5.75 Å². The van der Waals surface area contributed by atoms with Crippen molar-refractivity contribution in [3.63, 3.8) is 0 Å². The molecule has 0 spiro atoms. The summed E-state index contributed by atoms with van der Waals surface area (Å²) in [5, 5.41) is 0. The average Bonchev–Trinajstić information content (AvgIpc) is 3.58. The normalized spacial score (nSPS) is 18.5. The van der Waals surface area contributed by atoms with Gasteiger partial charge in [0.25, 0.3) is 0 Å². The standard InChI is InChI=1S/C39H44N2O7/c1-40-15-13-26-20-34(43-4)35(44-5)21-29(26)31(40)18-25-9-12-33(42-3)36(19-25)48-27-10-7-24(8-11-27)17-32-30-22-37-39(47-23-46-37)38(45-6)28(30)14-16-41(32)2/h7-12,19-22,31-32H,13-18,23H2,1-6H3. The van der Waals surface area contributed by atoms with Crippen molar-refractivity contribution in [1.29, 1.82) is 0 Å². The molecule has 0 radical (unpaired) electrons. The zero-order valence-electron chi connectivity index (χ0n) is 28.6. The van der Waals surface area contributed by atoms with Crippen LogP contribution < -0.4 is 33.2 Å². The van der Waals surface area contributed by atoms with Crippen molar-refractivity contribution in [3.05, 3.63) is 94.0 Å². The molecule has 9 heteroatoms. The maximum Gasteiger partial charge on any atom is 0.231 e. The first kappa shape index (κ1) is 32.0. The fourth-order valence-corrected chi connectivity index (χ4v) is 7.40. The van der Waals surface area contributed by atoms with E-state index in [-0.39, 0.29) is 18.9 Å². The predicted molar refractivity (Wildman–Crippen MR) is 184 cm³/mol. The summed E-state index contributed by atoms with van der Waals surface area (Å²) in [6, 6.07) is 21.3. The highest BCUT2D eigenvalue weighted by molar-refractivity contribution is 5.61. The molecule has 0 bridgehead atoms. The lowest BCUT2D eigenvalue weighted by Gasteiger charge is -2.35. The summed E-state index contributed by atoms with van der Waals surface area (Å²) in [6.45, 7) is 2.13. The topological polar surface area (TPSA) is 71.1 Å². The largest absolute Gasteiger partial charge is 0.493 e. The van der Waals surface area contributed by atoms with Crippen molar-refractivity contribution >= 4 is 0 Å². The van der Waals surface area contributed by atoms with Crippen LogP contribution in [0.5, 0.6) is 46.0 Å². The van der Waals surface area contributed by atoms with Gasteiger partial charge in [-0.3, -0.25) is 9.80 Å². The summed E-state index contributed by atoms with van der Waals surface area (Å²) >= 11 is 0. The maximum absolute atomic E-state index is 6.46. The van der Waals surface area contributed by atoms with Crippen LogP contribution in [0.1, 0.15) is 45.5 Å². The number of rotatable bonds is 10. The van der Waals surface area contributed by atoms with Gasteiger partial charge in [-0.05, 0) is 110 Å². The lowest BCUT2D eigenvalue weighted by Crippen LogP contribution is -2.33. The van der Waals surface area contributed by atoms with Crippen LogP contribution in [0.2, 0.25) is 0 Å². The van der Waals surface area contributed by atoms with Crippen molar-refractivity contribution in [3.8, 4) is 46.0 Å². The number of hydrogen-bond acceptors (Lipinski definition) is 9. The number of nitrogens with zero attached hydrogens (tertiary/aromatic N) is 2. The SMILES string of the molecule is COc1cc2c(cc1OC)C(Cc1ccc(OC)c(Oc3ccc(CC4c5cc6c(c(OC)c5CCN4C)OCO6)cc3)c1)N(C)CC2. The lowest BCUT2D eigenvalue weighted by atomic mass is 9.88. The molecule has 0 saturated heterocycles. The van der Waals surface area contributed by atoms with Crippen LogP contribution in [-0.2, 0) is 25.7 Å². The first-order valence-corrected chi connectivity index (χ1v) is 16.5. The second-order valence-electron chi connectivity index (χ2n) is 12.7. The van der Waals surface area contributed by atoms with Crippen LogP contribution in [0.3, 0.4) is 0 Å². The molecule has 3 heterocycles. The number of methoxy groups -OCH3 is 4. The van der Waals surface area contributed by atoms with Gasteiger partial charge in [-0.15, -0.1) is 0 Å². The van der Waals surface area contributed by atoms with Gasteiger partial charge in [0.2, 0.25) is 12.5 Å². The molecule has 7 rings (SSSR count). The number of benzene rings is 4. The molecule has 48 heavy (non-hydrogen) atoms. The Morgan fingerprint density at radius 1 is 0.646 bits per heavy atom. The van der Waals surface area contributed by atoms with Gasteiger partial charge in [0.15, 0.2) is 34.5 Å². The molecule has 4 aromatic carbocycles. The van der Waals surface area contributed by atoms with E-state index in [1.165, 1.54) is 27.8 Å². The Labute approximate surface area is 282 Å². The molecular weight excluding hydrogens is 608 g/mol. The molecule has 252 valence electrons. The summed E-state index contributed by atoms with van der Waals surface area (Å²) in [5.41, 5.74) is 7.39. The van der Waals surface area contributed by atoms with Crippen LogP contribution in [0.25, 0.3) is 0 Å². The Morgan fingerprint density at radius 2 is 1.31 bits per heavy atom. The van der Waals surface area contributed by atoms with Crippen LogP contribution in [0.15, 0.2) is 60.7 Å². The number of ether oxygens (including phenoxy) is 7. The van der Waals surface area contributed by atoms with E-state index in [4.69, 9.17) is 33.2 Å². The molecule has 0 fully saturated rings. The first-order valence-electron chi connectivity index (χ1n) is 16.5. The molecule has 3 aliphatic rings. The Kier molecular flexibility index (Phi) is 8.98. The van der Waals surface area contributed by atoms with E-state index in [1.54, 1.807) is 28.4 Å². The van der Waals surface area contributed by atoms with Crippen LogP contribution in [0, 0.1) is 0 Å². The third-order valence-corrected chi connectivity index (χ3v) is 10.1. The van der Waals surface area contributed by atoms with Gasteiger partial charge in [-0.25, -0.2) is 0 Å². The van der Waals surface area contributed by atoms with Crippen LogP contribution in [0.4, 0.5) is 0 Å². The average molecular weight is 653 g/mol. The molecule has 9 nitrogen and oxygen atoms in total. The van der Waals surface area contributed by atoms with Crippen LogP contribution >= 0.6 is 0 Å². The molecule has 0 aromatic heterocycles. The number of likely N-dealkylation sites (N-methyl/N-ethyl adjacent to an activating group) is 2. The highest BCUT2D eigenvalue weighted by Crippen LogP contribution is 2.49. The summed E-state index contributed by atoms with van der Waals surface area (Å²) in [5.74, 6) is 5.95. The van der Waals surface area contributed by atoms with E-state index in [9.17, 15) is 0 Å². The minimum Gasteiger partial charge on any atom is -0.493 e. The quantitative estimate of drug-likeness (QED) is 0.184. The molecule has 0 N–H and O–H groups in total. The van der Waals surface area contributed by atoms with Crippen LogP contribution in [-0.4, -0.2) is 72.2 Å². The van der Waals surface area contributed by atoms with Crippen molar-refractivity contribution in [1.82, 2.24) is 9.80 Å². The van der Waals surface area contributed by atoms with E-state index in [0.29, 0.717) is 11.5 Å². The van der Waals surface area contributed by atoms with Crippen molar-refractivity contribution < 1.29 is 33.2 Å². The van der Waals surface area contributed by atoms with Gasteiger partial charge in [-0.2, -0.15) is 0 Å². The lowest BCUT2D eigenvalue weighted by molar-refractivity contribution is 0.171. The summed E-state index contributed by atoms with van der Waals surface area (Å²) in [6.07, 6.45) is 3.54. The fraction of sp³-hybridized carbons (Fsp3) is 0.385. The molecule has 0 aliphatic carbocycles. The second-order valence-corrected chi connectivity index (χ2v) is 12.7. The zero-order valence-corrected chi connectivity index (χ0v) is 28.6. The monoisotopic (exact) mass is 652 g/mol. The third-order valence-electron chi connectivity index (χ3n) is 10.1. The van der Waals surface area contributed by atoms with E-state index in [1.807, 2.05) is 18.2 Å². The van der Waals surface area contributed by atoms with Gasteiger partial charge >= 0.3 is 0 Å².